The number of imidazole rings is 1. The smallest absolute Gasteiger partial charge is 0.417 e. The molecule has 0 aliphatic rings. The first-order valence-electron chi connectivity index (χ1n) is 9.84. The lowest BCUT2D eigenvalue weighted by Gasteiger charge is -2.13. The topological polar surface area (TPSA) is 181 Å². The number of benzene rings is 1. The van der Waals surface area contributed by atoms with Crippen LogP contribution in [0, 0.1) is 0 Å². The van der Waals surface area contributed by atoms with Crippen LogP contribution in [0.5, 0.6) is 0 Å². The van der Waals surface area contributed by atoms with E-state index >= 15 is 0 Å². The van der Waals surface area contributed by atoms with Crippen LogP contribution in [-0.2, 0) is 11.6 Å². The minimum Gasteiger partial charge on any atom is -0.475 e. The summed E-state index contributed by atoms with van der Waals surface area (Å²) in [5.41, 5.74) is 3.43. The van der Waals surface area contributed by atoms with Crippen LogP contribution in [0.4, 0.5) is 13.2 Å². The summed E-state index contributed by atoms with van der Waals surface area (Å²) in [6, 6.07) is 4.62. The zero-order chi connectivity index (χ0) is 26.1. The first kappa shape index (κ1) is 25.1. The number of alkyl halides is 3. The van der Waals surface area contributed by atoms with E-state index in [1.807, 2.05) is 20.8 Å². The number of nitrogens with zero attached hydrogens (tertiary/aromatic N) is 3. The van der Waals surface area contributed by atoms with Crippen molar-refractivity contribution in [1.29, 1.82) is 0 Å². The van der Waals surface area contributed by atoms with Crippen molar-refractivity contribution in [2.24, 2.45) is 5.73 Å². The third-order valence-electron chi connectivity index (χ3n) is 4.58. The molecule has 0 saturated heterocycles. The number of hydrogen-bond acceptors (Lipinski definition) is 7. The van der Waals surface area contributed by atoms with Crippen LogP contribution in [0.25, 0.3) is 22.3 Å². The van der Waals surface area contributed by atoms with Crippen LogP contribution in [0.3, 0.4) is 0 Å². The highest BCUT2D eigenvalue weighted by molar-refractivity contribution is 5.96. The van der Waals surface area contributed by atoms with Crippen molar-refractivity contribution in [3.05, 3.63) is 63.8 Å². The Labute approximate surface area is 194 Å². The Bertz CT molecular complexity index is 1460. The number of carbonyl (C=O) groups excluding carboxylic acids is 1. The van der Waals surface area contributed by atoms with Gasteiger partial charge in [-0.2, -0.15) is 18.2 Å². The van der Waals surface area contributed by atoms with Crippen LogP contribution in [0.15, 0.2) is 39.8 Å². The fourth-order valence-corrected chi connectivity index (χ4v) is 2.95. The maximum absolute atomic E-state index is 13.1. The van der Waals surface area contributed by atoms with E-state index in [-0.39, 0.29) is 28.0 Å². The molecule has 0 fully saturated rings. The predicted octanol–water partition coefficient (Wildman–Crippen LogP) is 3.10. The molecule has 0 atom stereocenters. The van der Waals surface area contributed by atoms with E-state index in [0.717, 1.165) is 12.1 Å². The van der Waals surface area contributed by atoms with Crippen molar-refractivity contribution in [1.82, 2.24) is 25.1 Å². The number of carboxylic acid groups (broad SMARTS) is 1. The molecular formula is C21H19F3N6O5. The van der Waals surface area contributed by atoms with Crippen LogP contribution < -0.4 is 11.4 Å². The van der Waals surface area contributed by atoms with Crippen molar-refractivity contribution in [2.45, 2.75) is 32.4 Å². The fourth-order valence-electron chi connectivity index (χ4n) is 2.95. The van der Waals surface area contributed by atoms with Crippen LogP contribution in [0.1, 0.15) is 53.2 Å². The van der Waals surface area contributed by atoms with Gasteiger partial charge in [0.25, 0.3) is 5.82 Å². The quantitative estimate of drug-likeness (QED) is 0.336. The average molecular weight is 492 g/mol. The zero-order valence-corrected chi connectivity index (χ0v) is 18.5. The van der Waals surface area contributed by atoms with Crippen molar-refractivity contribution >= 4 is 23.0 Å². The highest BCUT2D eigenvalue weighted by Crippen LogP contribution is 2.35. The van der Waals surface area contributed by atoms with Gasteiger partial charge in [0.2, 0.25) is 11.8 Å². The number of nitrogens with two attached hydrogens (primary N) is 1. The van der Waals surface area contributed by atoms with E-state index in [9.17, 15) is 27.6 Å². The second kappa shape index (κ2) is 9.04. The number of aromatic nitrogens is 5. The van der Waals surface area contributed by atoms with Gasteiger partial charge >= 0.3 is 17.8 Å². The number of rotatable bonds is 3. The summed E-state index contributed by atoms with van der Waals surface area (Å²) in [5.74, 6) is -2.30. The van der Waals surface area contributed by atoms with Gasteiger partial charge in [0.1, 0.15) is 0 Å². The molecular weight excluding hydrogens is 473 g/mol. The molecule has 1 amide bonds. The molecule has 0 aliphatic carbocycles. The van der Waals surface area contributed by atoms with Gasteiger partial charge in [0.05, 0.1) is 16.6 Å². The SMILES string of the molecule is CC(C)(C)c1nc(C(=O)O)no1.NC(=O)c1ccc(-c2ccnc3[nH]c(=O)[nH]c23)cc1C(F)(F)F. The average Bonchev–Trinajstić information content (AvgIpc) is 3.39. The van der Waals surface area contributed by atoms with Gasteiger partial charge in [-0.3, -0.25) is 9.78 Å². The summed E-state index contributed by atoms with van der Waals surface area (Å²) in [6.45, 7) is 5.60. The summed E-state index contributed by atoms with van der Waals surface area (Å²) in [4.78, 5) is 45.4. The number of nitrogens with one attached hydrogen (secondary N) is 2. The van der Waals surface area contributed by atoms with Crippen molar-refractivity contribution < 1.29 is 32.4 Å². The van der Waals surface area contributed by atoms with Crippen LogP contribution >= 0.6 is 0 Å². The fraction of sp³-hybridized carbons (Fsp3) is 0.238. The van der Waals surface area contributed by atoms with E-state index in [4.69, 9.17) is 15.4 Å². The molecule has 4 aromatic rings. The first-order valence-corrected chi connectivity index (χ1v) is 9.84. The van der Waals surface area contributed by atoms with Crippen molar-refractivity contribution in [3.63, 3.8) is 0 Å². The van der Waals surface area contributed by atoms with Crippen molar-refractivity contribution in [2.75, 3.05) is 0 Å². The molecule has 184 valence electrons. The molecule has 35 heavy (non-hydrogen) atoms. The van der Waals surface area contributed by atoms with Crippen LogP contribution in [-0.4, -0.2) is 42.1 Å². The number of hydrogen-bond donors (Lipinski definition) is 4. The number of H-pyrrole nitrogens is 2. The molecule has 5 N–H and O–H groups in total. The molecule has 4 rings (SSSR count). The third-order valence-corrected chi connectivity index (χ3v) is 4.58. The largest absolute Gasteiger partial charge is 0.475 e. The Morgan fingerprint density at radius 1 is 1.11 bits per heavy atom. The second-order valence-electron chi connectivity index (χ2n) is 8.26. The lowest BCUT2D eigenvalue weighted by molar-refractivity contribution is -0.137. The van der Waals surface area contributed by atoms with Gasteiger partial charge < -0.3 is 20.3 Å². The molecule has 0 unspecified atom stereocenters. The maximum Gasteiger partial charge on any atom is 0.417 e. The second-order valence-corrected chi connectivity index (χ2v) is 8.26. The summed E-state index contributed by atoms with van der Waals surface area (Å²) in [5, 5.41) is 11.8. The third kappa shape index (κ3) is 5.54. The summed E-state index contributed by atoms with van der Waals surface area (Å²) >= 11 is 0. The Morgan fingerprint density at radius 2 is 1.80 bits per heavy atom. The zero-order valence-electron chi connectivity index (χ0n) is 18.5. The normalized spacial score (nSPS) is 11.7. The van der Waals surface area contributed by atoms with E-state index in [1.165, 1.54) is 18.3 Å². The number of fused-ring (bicyclic) bond motifs is 1. The van der Waals surface area contributed by atoms with E-state index in [0.29, 0.717) is 11.5 Å². The number of aromatic carboxylic acids is 1. The van der Waals surface area contributed by atoms with Gasteiger partial charge in [-0.25, -0.2) is 14.6 Å². The molecule has 0 radical (unpaired) electrons. The Balaban J connectivity index is 0.000000241. The maximum atomic E-state index is 13.1. The summed E-state index contributed by atoms with van der Waals surface area (Å²) < 4.78 is 44.2. The van der Waals surface area contributed by atoms with Gasteiger partial charge in [0, 0.05) is 17.2 Å². The Morgan fingerprint density at radius 3 is 2.31 bits per heavy atom. The monoisotopic (exact) mass is 492 g/mol. The summed E-state index contributed by atoms with van der Waals surface area (Å²) in [7, 11) is 0. The lowest BCUT2D eigenvalue weighted by Crippen LogP contribution is -2.18. The molecule has 14 heteroatoms. The summed E-state index contributed by atoms with van der Waals surface area (Å²) in [6.07, 6.45) is -3.38. The van der Waals surface area contributed by atoms with Gasteiger partial charge in [0.15, 0.2) is 5.65 Å². The highest BCUT2D eigenvalue weighted by Gasteiger charge is 2.35. The number of halogens is 3. The number of carboxylic acids is 1. The molecule has 0 aliphatic heterocycles. The molecule has 11 nitrogen and oxygen atoms in total. The molecule has 1 aromatic carbocycles. The number of primary amides is 1. The first-order chi connectivity index (χ1) is 16.2. The Kier molecular flexibility index (Phi) is 6.49. The predicted molar refractivity (Wildman–Crippen MR) is 116 cm³/mol. The van der Waals surface area contributed by atoms with E-state index < -0.39 is 34.9 Å². The van der Waals surface area contributed by atoms with Crippen molar-refractivity contribution in [3.8, 4) is 11.1 Å². The minimum absolute atomic E-state index is 0.171. The minimum atomic E-state index is -4.74. The molecule has 0 spiro atoms. The molecule has 3 aromatic heterocycles. The number of carbonyl (C=O) groups is 2. The number of aromatic amines is 2. The molecule has 3 heterocycles. The highest BCUT2D eigenvalue weighted by atomic mass is 19.4. The van der Waals surface area contributed by atoms with E-state index in [2.05, 4.69) is 25.1 Å². The van der Waals surface area contributed by atoms with E-state index in [1.54, 1.807) is 0 Å². The molecule has 0 bridgehead atoms. The van der Waals surface area contributed by atoms with Gasteiger partial charge in [-0.1, -0.05) is 26.8 Å². The standard InChI is InChI=1S/C14H9F3N4O2.C7H10N2O3/c15-14(16,17)9-5-6(1-2-8(9)11(18)22)7-3-4-19-12-10(7)20-13(23)21-12;1-7(2,3)6-8-4(5(10)11)9-12-6/h1-5H,(H2,18,22)(H2,19,20,21,23);1-3H3,(H,10,11). The number of pyridine rings is 1. The lowest BCUT2D eigenvalue weighted by atomic mass is 9.97. The molecule has 0 saturated carbocycles. The van der Waals surface area contributed by atoms with Crippen LogP contribution in [0.2, 0.25) is 0 Å². The Hall–Kier alpha value is -4.49. The van der Waals surface area contributed by atoms with Gasteiger partial charge in [-0.15, -0.1) is 0 Å². The number of amides is 1. The van der Waals surface area contributed by atoms with Gasteiger partial charge in [-0.05, 0) is 28.9 Å².